The van der Waals surface area contributed by atoms with Gasteiger partial charge in [-0.25, -0.2) is 13.4 Å². The summed E-state index contributed by atoms with van der Waals surface area (Å²) in [6.07, 6.45) is 2.71. The van der Waals surface area contributed by atoms with Gasteiger partial charge in [0.05, 0.1) is 0 Å². The van der Waals surface area contributed by atoms with E-state index in [2.05, 4.69) is 31.2 Å². The lowest BCUT2D eigenvalue weighted by molar-refractivity contribution is -0.113. The van der Waals surface area contributed by atoms with Crippen molar-refractivity contribution in [2.24, 2.45) is 0 Å². The number of nitrogens with zero attached hydrogens (tertiary/aromatic N) is 1. The number of H-pyrrole nitrogens is 1. The maximum atomic E-state index is 11.8. The van der Waals surface area contributed by atoms with Crippen LogP contribution in [0.3, 0.4) is 0 Å². The van der Waals surface area contributed by atoms with Crippen LogP contribution in [0.5, 0.6) is 0 Å². The van der Waals surface area contributed by atoms with Crippen LogP contribution in [0.15, 0.2) is 46.3 Å². The van der Waals surface area contributed by atoms with Crippen LogP contribution >= 0.6 is 15.9 Å². The summed E-state index contributed by atoms with van der Waals surface area (Å²) in [5.41, 5.74) is 0.530. The van der Waals surface area contributed by atoms with Crippen molar-refractivity contribution >= 4 is 37.4 Å². The van der Waals surface area contributed by atoms with Crippen LogP contribution < -0.4 is 5.32 Å². The highest BCUT2D eigenvalue weighted by atomic mass is 79.9. The molecule has 19 heavy (non-hydrogen) atoms. The number of hydrogen-bond acceptors (Lipinski definition) is 4. The maximum Gasteiger partial charge on any atom is 0.240 e. The minimum absolute atomic E-state index is 0.210. The van der Waals surface area contributed by atoms with Crippen molar-refractivity contribution in [2.75, 3.05) is 11.1 Å². The smallest absolute Gasteiger partial charge is 0.240 e. The minimum atomic E-state index is -3.73. The third kappa shape index (κ3) is 3.65. The Labute approximate surface area is 118 Å². The van der Waals surface area contributed by atoms with E-state index in [1.54, 1.807) is 24.3 Å². The molecule has 0 saturated carbocycles. The molecule has 0 atom stereocenters. The second-order valence-corrected chi connectivity index (χ2v) is 6.53. The third-order valence-electron chi connectivity index (χ3n) is 2.22. The lowest BCUT2D eigenvalue weighted by atomic mass is 10.3. The molecular formula is C11H10BrN3O3S. The Morgan fingerprint density at radius 2 is 2.00 bits per heavy atom. The minimum Gasteiger partial charge on any atom is -0.336 e. The number of rotatable bonds is 4. The SMILES string of the molecule is O=C(CS(=O)(=O)c1ncc[nH]1)Nc1ccc(Br)cc1. The van der Waals surface area contributed by atoms with Crippen LogP contribution in [0.1, 0.15) is 0 Å². The fraction of sp³-hybridized carbons (Fsp3) is 0.0909. The zero-order valence-corrected chi connectivity index (χ0v) is 12.0. The van der Waals surface area contributed by atoms with E-state index in [0.717, 1.165) is 4.47 Å². The lowest BCUT2D eigenvalue weighted by Crippen LogP contribution is -2.23. The molecule has 1 heterocycles. The van der Waals surface area contributed by atoms with Crippen molar-refractivity contribution in [1.29, 1.82) is 0 Å². The molecular weight excluding hydrogens is 334 g/mol. The van der Waals surface area contributed by atoms with Crippen LogP contribution in [0.25, 0.3) is 0 Å². The highest BCUT2D eigenvalue weighted by Crippen LogP contribution is 2.14. The average molecular weight is 344 g/mol. The van der Waals surface area contributed by atoms with E-state index in [1.165, 1.54) is 12.4 Å². The van der Waals surface area contributed by atoms with Gasteiger partial charge in [-0.3, -0.25) is 4.79 Å². The van der Waals surface area contributed by atoms with Crippen molar-refractivity contribution in [3.63, 3.8) is 0 Å². The predicted octanol–water partition coefficient (Wildman–Crippen LogP) is 1.58. The van der Waals surface area contributed by atoms with Crippen molar-refractivity contribution in [3.05, 3.63) is 41.1 Å². The molecule has 2 aromatic rings. The molecule has 6 nitrogen and oxygen atoms in total. The van der Waals surface area contributed by atoms with Gasteiger partial charge in [0.2, 0.25) is 20.9 Å². The molecule has 1 aromatic carbocycles. The van der Waals surface area contributed by atoms with E-state index >= 15 is 0 Å². The second kappa shape index (κ2) is 5.54. The van der Waals surface area contributed by atoms with Gasteiger partial charge in [0.1, 0.15) is 5.75 Å². The number of sulfone groups is 1. The summed E-state index contributed by atoms with van der Waals surface area (Å²) in [5, 5.41) is 2.30. The van der Waals surface area contributed by atoms with Crippen LogP contribution in [0.4, 0.5) is 5.69 Å². The normalized spacial score (nSPS) is 11.2. The van der Waals surface area contributed by atoms with E-state index in [9.17, 15) is 13.2 Å². The summed E-state index contributed by atoms with van der Waals surface area (Å²) >= 11 is 3.27. The zero-order chi connectivity index (χ0) is 13.9. The van der Waals surface area contributed by atoms with Crippen molar-refractivity contribution in [1.82, 2.24) is 9.97 Å². The number of benzene rings is 1. The standard InChI is InChI=1S/C11H10BrN3O3S/c12-8-1-3-9(4-2-8)15-10(16)7-19(17,18)11-13-5-6-14-11/h1-6H,7H2,(H,13,14)(H,15,16). The molecule has 0 saturated heterocycles. The molecule has 0 aliphatic rings. The van der Waals surface area contributed by atoms with Crippen molar-refractivity contribution < 1.29 is 13.2 Å². The van der Waals surface area contributed by atoms with E-state index in [-0.39, 0.29) is 5.16 Å². The van der Waals surface area contributed by atoms with Gasteiger partial charge in [0, 0.05) is 22.6 Å². The van der Waals surface area contributed by atoms with Gasteiger partial charge in [-0.1, -0.05) is 15.9 Å². The second-order valence-electron chi connectivity index (χ2n) is 3.71. The molecule has 0 radical (unpaired) electrons. The van der Waals surface area contributed by atoms with E-state index < -0.39 is 21.5 Å². The molecule has 8 heteroatoms. The van der Waals surface area contributed by atoms with Crippen molar-refractivity contribution in [2.45, 2.75) is 5.16 Å². The highest BCUT2D eigenvalue weighted by Gasteiger charge is 2.21. The molecule has 0 fully saturated rings. The zero-order valence-electron chi connectivity index (χ0n) is 9.63. The largest absolute Gasteiger partial charge is 0.336 e. The summed E-state index contributed by atoms with van der Waals surface area (Å²) in [5.74, 6) is -1.27. The topological polar surface area (TPSA) is 91.9 Å². The molecule has 2 rings (SSSR count). The average Bonchev–Trinajstić information content (AvgIpc) is 2.85. The van der Waals surface area contributed by atoms with Crippen LogP contribution in [0, 0.1) is 0 Å². The Bertz CT molecular complexity index is 666. The number of anilines is 1. The number of aromatic nitrogens is 2. The molecule has 100 valence electrons. The lowest BCUT2D eigenvalue weighted by Gasteiger charge is -2.05. The van der Waals surface area contributed by atoms with Gasteiger partial charge < -0.3 is 10.3 Å². The number of carbonyl (C=O) groups excluding carboxylic acids is 1. The van der Waals surface area contributed by atoms with Crippen LogP contribution in [-0.4, -0.2) is 30.0 Å². The number of imidazole rings is 1. The first-order valence-corrected chi connectivity index (χ1v) is 7.69. The van der Waals surface area contributed by atoms with Gasteiger partial charge in [0.15, 0.2) is 0 Å². The van der Waals surface area contributed by atoms with E-state index in [1.807, 2.05) is 0 Å². The molecule has 0 spiro atoms. The van der Waals surface area contributed by atoms with Gasteiger partial charge in [-0.05, 0) is 24.3 Å². The Balaban J connectivity index is 2.04. The number of aromatic amines is 1. The van der Waals surface area contributed by atoms with Gasteiger partial charge >= 0.3 is 0 Å². The molecule has 0 aliphatic carbocycles. The number of hydrogen-bond donors (Lipinski definition) is 2. The van der Waals surface area contributed by atoms with E-state index in [0.29, 0.717) is 5.69 Å². The third-order valence-corrected chi connectivity index (χ3v) is 4.20. The van der Waals surface area contributed by atoms with Crippen LogP contribution in [-0.2, 0) is 14.6 Å². The number of halogens is 1. The van der Waals surface area contributed by atoms with Crippen molar-refractivity contribution in [3.8, 4) is 0 Å². The summed E-state index contributed by atoms with van der Waals surface area (Å²) in [7, 11) is -3.73. The highest BCUT2D eigenvalue weighted by molar-refractivity contribution is 9.10. The summed E-state index contributed by atoms with van der Waals surface area (Å²) < 4.78 is 24.4. The Hall–Kier alpha value is -1.67. The summed E-state index contributed by atoms with van der Waals surface area (Å²) in [4.78, 5) is 17.8. The first-order valence-electron chi connectivity index (χ1n) is 5.25. The molecule has 0 unspecified atom stereocenters. The maximum absolute atomic E-state index is 11.8. The van der Waals surface area contributed by atoms with Gasteiger partial charge in [0.25, 0.3) is 0 Å². The molecule has 0 bridgehead atoms. The van der Waals surface area contributed by atoms with E-state index in [4.69, 9.17) is 0 Å². The quantitative estimate of drug-likeness (QED) is 0.881. The van der Waals surface area contributed by atoms with Crippen LogP contribution in [0.2, 0.25) is 0 Å². The fourth-order valence-electron chi connectivity index (χ4n) is 1.39. The Kier molecular flexibility index (Phi) is 4.01. The molecule has 1 amide bonds. The first kappa shape index (κ1) is 13.8. The Morgan fingerprint density at radius 3 is 2.58 bits per heavy atom. The number of nitrogens with one attached hydrogen (secondary N) is 2. The summed E-state index contributed by atoms with van der Waals surface area (Å²) in [6.45, 7) is 0. The fourth-order valence-corrected chi connectivity index (χ4v) is 2.68. The summed E-state index contributed by atoms with van der Waals surface area (Å²) in [6, 6.07) is 6.83. The monoisotopic (exact) mass is 343 g/mol. The number of amides is 1. The van der Waals surface area contributed by atoms with Gasteiger partial charge in [-0.15, -0.1) is 0 Å². The van der Waals surface area contributed by atoms with Gasteiger partial charge in [-0.2, -0.15) is 0 Å². The number of carbonyl (C=O) groups is 1. The molecule has 1 aromatic heterocycles. The predicted molar refractivity (Wildman–Crippen MR) is 73.4 cm³/mol. The first-order chi connectivity index (χ1) is 8.97. The Morgan fingerprint density at radius 1 is 1.32 bits per heavy atom. The molecule has 2 N–H and O–H groups in total. The molecule has 0 aliphatic heterocycles.